The Kier molecular flexibility index (Phi) is 5.51. The molecule has 0 aliphatic rings. The summed E-state index contributed by atoms with van der Waals surface area (Å²) in [7, 11) is -3.43. The molecule has 0 heterocycles. The number of rotatable bonds is 5. The number of hydrogen-bond acceptors (Lipinski definition) is 3. The summed E-state index contributed by atoms with van der Waals surface area (Å²) in [6, 6.07) is 12.0. The summed E-state index contributed by atoms with van der Waals surface area (Å²) in [5, 5.41) is 3.11. The summed E-state index contributed by atoms with van der Waals surface area (Å²) < 4.78 is 25.0. The van der Waals surface area contributed by atoms with E-state index in [2.05, 4.69) is 10.0 Å². The van der Waals surface area contributed by atoms with Gasteiger partial charge in [-0.3, -0.25) is 9.52 Å². The maximum atomic E-state index is 12.5. The van der Waals surface area contributed by atoms with E-state index < -0.39 is 10.0 Å². The van der Waals surface area contributed by atoms with Crippen molar-refractivity contribution in [1.29, 1.82) is 0 Å². The lowest BCUT2D eigenvalue weighted by Crippen LogP contribution is -2.27. The highest BCUT2D eigenvalue weighted by Crippen LogP contribution is 2.22. The second kappa shape index (κ2) is 7.23. The number of sulfonamides is 1. The number of halogens is 1. The normalized spacial score (nSPS) is 12.5. The van der Waals surface area contributed by atoms with Gasteiger partial charge in [0.2, 0.25) is 10.0 Å². The molecule has 0 aliphatic carbocycles. The fourth-order valence-electron chi connectivity index (χ4n) is 2.19. The van der Waals surface area contributed by atoms with Crippen LogP contribution in [0, 0.1) is 6.92 Å². The van der Waals surface area contributed by atoms with E-state index in [1.54, 1.807) is 0 Å². The lowest BCUT2D eigenvalue weighted by molar-refractivity contribution is 0.0940. The van der Waals surface area contributed by atoms with Gasteiger partial charge in [0, 0.05) is 5.69 Å². The quantitative estimate of drug-likeness (QED) is 0.850. The topological polar surface area (TPSA) is 75.3 Å². The van der Waals surface area contributed by atoms with Crippen LogP contribution < -0.4 is 10.0 Å². The van der Waals surface area contributed by atoms with Crippen molar-refractivity contribution < 1.29 is 13.2 Å². The summed E-state index contributed by atoms with van der Waals surface area (Å²) in [5.41, 5.74) is 2.61. The maximum Gasteiger partial charge on any atom is 0.253 e. The monoisotopic (exact) mass is 366 g/mol. The lowest BCUT2D eigenvalue weighted by Gasteiger charge is -2.16. The molecule has 0 radical (unpaired) electrons. The van der Waals surface area contributed by atoms with Crippen molar-refractivity contribution in [3.8, 4) is 0 Å². The van der Waals surface area contributed by atoms with E-state index in [1.165, 1.54) is 18.2 Å². The van der Waals surface area contributed by atoms with Crippen molar-refractivity contribution in [1.82, 2.24) is 5.32 Å². The highest BCUT2D eigenvalue weighted by molar-refractivity contribution is 7.92. The minimum absolute atomic E-state index is 0.208. The second-order valence-electron chi connectivity index (χ2n) is 5.67. The Labute approximate surface area is 147 Å². The fraction of sp³-hybridized carbons (Fsp3) is 0.235. The molecule has 0 bridgehead atoms. The summed E-state index contributed by atoms with van der Waals surface area (Å²) in [6.07, 6.45) is 1.04. The fourth-order valence-corrected chi connectivity index (χ4v) is 2.95. The molecule has 24 heavy (non-hydrogen) atoms. The zero-order valence-electron chi connectivity index (χ0n) is 13.6. The Hall–Kier alpha value is -2.05. The summed E-state index contributed by atoms with van der Waals surface area (Å²) in [5.74, 6) is -0.370. The highest BCUT2D eigenvalue weighted by Gasteiger charge is 2.15. The Morgan fingerprint density at radius 1 is 1.12 bits per heavy atom. The van der Waals surface area contributed by atoms with Gasteiger partial charge in [0.05, 0.1) is 22.9 Å². The predicted octanol–water partition coefficient (Wildman–Crippen LogP) is 3.51. The van der Waals surface area contributed by atoms with Crippen LogP contribution in [-0.4, -0.2) is 20.6 Å². The number of carbonyl (C=O) groups excluding carboxylic acids is 1. The van der Waals surface area contributed by atoms with Gasteiger partial charge in [0.15, 0.2) is 0 Å². The highest BCUT2D eigenvalue weighted by atomic mass is 35.5. The summed E-state index contributed by atoms with van der Waals surface area (Å²) >= 11 is 6.07. The first-order chi connectivity index (χ1) is 11.2. The van der Waals surface area contributed by atoms with Gasteiger partial charge in [0.1, 0.15) is 0 Å². The number of hydrogen-bond donors (Lipinski definition) is 2. The van der Waals surface area contributed by atoms with Gasteiger partial charge in [-0.15, -0.1) is 0 Å². The Morgan fingerprint density at radius 3 is 2.33 bits per heavy atom. The van der Waals surface area contributed by atoms with Crippen molar-refractivity contribution in [3.05, 3.63) is 64.2 Å². The molecule has 1 atom stereocenters. The summed E-state index contributed by atoms with van der Waals surface area (Å²) in [4.78, 5) is 12.5. The van der Waals surface area contributed by atoms with Crippen molar-refractivity contribution in [3.63, 3.8) is 0 Å². The van der Waals surface area contributed by atoms with Gasteiger partial charge >= 0.3 is 0 Å². The zero-order chi connectivity index (χ0) is 17.9. The number of anilines is 1. The number of nitrogens with one attached hydrogen (secondary N) is 2. The van der Waals surface area contributed by atoms with E-state index in [0.29, 0.717) is 0 Å². The van der Waals surface area contributed by atoms with Crippen LogP contribution in [0.1, 0.15) is 34.5 Å². The molecule has 0 aromatic heterocycles. The first kappa shape index (κ1) is 18.3. The number of amides is 1. The second-order valence-corrected chi connectivity index (χ2v) is 7.83. The van der Waals surface area contributed by atoms with E-state index in [9.17, 15) is 13.2 Å². The van der Waals surface area contributed by atoms with E-state index in [-0.39, 0.29) is 28.2 Å². The number of carbonyl (C=O) groups is 1. The molecule has 128 valence electrons. The molecule has 5 nitrogen and oxygen atoms in total. The van der Waals surface area contributed by atoms with Crippen molar-refractivity contribution >= 4 is 33.2 Å². The van der Waals surface area contributed by atoms with Crippen LogP contribution in [0.5, 0.6) is 0 Å². The van der Waals surface area contributed by atoms with Crippen molar-refractivity contribution in [2.75, 3.05) is 11.0 Å². The summed E-state index contributed by atoms with van der Waals surface area (Å²) in [6.45, 7) is 3.86. The van der Waals surface area contributed by atoms with Crippen LogP contribution in [0.15, 0.2) is 42.5 Å². The largest absolute Gasteiger partial charge is 0.345 e. The van der Waals surface area contributed by atoms with E-state index >= 15 is 0 Å². The van der Waals surface area contributed by atoms with Crippen molar-refractivity contribution in [2.45, 2.75) is 19.9 Å². The molecule has 2 aromatic carbocycles. The van der Waals surface area contributed by atoms with Crippen LogP contribution in [0.25, 0.3) is 0 Å². The third kappa shape index (κ3) is 4.97. The average Bonchev–Trinajstić information content (AvgIpc) is 2.48. The minimum atomic E-state index is -3.43. The Morgan fingerprint density at radius 2 is 1.75 bits per heavy atom. The van der Waals surface area contributed by atoms with Gasteiger partial charge in [-0.1, -0.05) is 41.4 Å². The molecule has 0 aliphatic heterocycles. The third-order valence-corrected chi connectivity index (χ3v) is 4.38. The van der Waals surface area contributed by atoms with Crippen LogP contribution in [-0.2, 0) is 10.0 Å². The predicted molar refractivity (Wildman–Crippen MR) is 97.0 cm³/mol. The zero-order valence-corrected chi connectivity index (χ0v) is 15.2. The van der Waals surface area contributed by atoms with E-state index in [0.717, 1.165) is 17.4 Å². The smallest absolute Gasteiger partial charge is 0.253 e. The number of aryl methyl sites for hydroxylation is 1. The molecule has 7 heteroatoms. The van der Waals surface area contributed by atoms with Gasteiger partial charge in [-0.05, 0) is 37.6 Å². The van der Waals surface area contributed by atoms with Crippen molar-refractivity contribution in [2.24, 2.45) is 0 Å². The van der Waals surface area contributed by atoms with Gasteiger partial charge in [0.25, 0.3) is 5.91 Å². The van der Waals surface area contributed by atoms with E-state index in [4.69, 9.17) is 11.6 Å². The van der Waals surface area contributed by atoms with Gasteiger partial charge in [-0.2, -0.15) is 0 Å². The standard InChI is InChI=1S/C17H19ClN2O3S/c1-11-4-6-13(7-5-11)12(2)19-17(21)15-10-14(8-9-16(15)18)20-24(3,22)23/h4-10,12,20H,1-3H3,(H,19,21)/t12-/m1/s1. The molecule has 0 unspecified atom stereocenters. The molecule has 2 rings (SSSR count). The van der Waals surface area contributed by atoms with Gasteiger partial charge in [-0.25, -0.2) is 8.42 Å². The minimum Gasteiger partial charge on any atom is -0.345 e. The van der Waals surface area contributed by atoms with Crippen LogP contribution in [0.3, 0.4) is 0 Å². The van der Waals surface area contributed by atoms with Crippen LogP contribution in [0.2, 0.25) is 5.02 Å². The Balaban J connectivity index is 2.19. The first-order valence-corrected chi connectivity index (χ1v) is 9.57. The van der Waals surface area contributed by atoms with Gasteiger partial charge < -0.3 is 5.32 Å². The molecular weight excluding hydrogens is 348 g/mol. The number of benzene rings is 2. The third-order valence-electron chi connectivity index (χ3n) is 3.44. The Bertz CT molecular complexity index is 849. The maximum absolute atomic E-state index is 12.5. The first-order valence-electron chi connectivity index (χ1n) is 7.30. The van der Waals surface area contributed by atoms with E-state index in [1.807, 2.05) is 38.1 Å². The average molecular weight is 367 g/mol. The molecule has 1 amide bonds. The van der Waals surface area contributed by atoms with Crippen LogP contribution >= 0.6 is 11.6 Å². The molecule has 0 spiro atoms. The van der Waals surface area contributed by atoms with Crippen LogP contribution in [0.4, 0.5) is 5.69 Å². The lowest BCUT2D eigenvalue weighted by atomic mass is 10.1. The molecular formula is C17H19ClN2O3S. The molecule has 2 aromatic rings. The molecule has 2 N–H and O–H groups in total. The molecule has 0 fully saturated rings. The molecule has 0 saturated heterocycles. The SMILES string of the molecule is Cc1ccc([C@@H](C)NC(=O)c2cc(NS(C)(=O)=O)ccc2Cl)cc1. The molecule has 0 saturated carbocycles.